The molecule has 6 heteroatoms. The molecule has 1 saturated heterocycles. The first-order valence-electron chi connectivity index (χ1n) is 9.85. The number of hydrogen-bond acceptors (Lipinski definition) is 4. The summed E-state index contributed by atoms with van der Waals surface area (Å²) in [5, 5.41) is 2.98. The maximum Gasteiger partial charge on any atom is 0.225 e. The maximum absolute atomic E-state index is 12.3. The van der Waals surface area contributed by atoms with Crippen molar-refractivity contribution in [2.24, 2.45) is 5.92 Å². The van der Waals surface area contributed by atoms with E-state index in [1.807, 2.05) is 18.2 Å². The summed E-state index contributed by atoms with van der Waals surface area (Å²) >= 11 is 0. The highest BCUT2D eigenvalue weighted by Gasteiger charge is 2.33. The van der Waals surface area contributed by atoms with E-state index in [1.54, 1.807) is 19.1 Å². The molecule has 27 heavy (non-hydrogen) atoms. The van der Waals surface area contributed by atoms with Gasteiger partial charge in [0, 0.05) is 26.1 Å². The molecule has 0 aromatic heterocycles. The first-order valence-corrected chi connectivity index (χ1v) is 9.85. The van der Waals surface area contributed by atoms with Crippen LogP contribution in [0.15, 0.2) is 18.2 Å². The van der Waals surface area contributed by atoms with E-state index in [0.717, 1.165) is 24.8 Å². The van der Waals surface area contributed by atoms with Crippen LogP contribution in [0.2, 0.25) is 0 Å². The predicted molar refractivity (Wildman–Crippen MR) is 105 cm³/mol. The van der Waals surface area contributed by atoms with Crippen molar-refractivity contribution in [3.8, 4) is 11.5 Å². The molecule has 1 unspecified atom stereocenters. The number of carbonyl (C=O) groups excluding carboxylic acids is 2. The van der Waals surface area contributed by atoms with Crippen LogP contribution in [0.1, 0.15) is 44.6 Å². The first kappa shape index (κ1) is 21.1. The van der Waals surface area contributed by atoms with Gasteiger partial charge in [-0.15, -0.1) is 0 Å². The summed E-state index contributed by atoms with van der Waals surface area (Å²) in [6.07, 6.45) is 5.55. The fourth-order valence-electron chi connectivity index (χ4n) is 3.37. The van der Waals surface area contributed by atoms with E-state index in [-0.39, 0.29) is 17.7 Å². The fourth-order valence-corrected chi connectivity index (χ4v) is 3.37. The van der Waals surface area contributed by atoms with Gasteiger partial charge in [-0.05, 0) is 30.5 Å². The normalized spacial score (nSPS) is 16.5. The zero-order chi connectivity index (χ0) is 19.6. The minimum Gasteiger partial charge on any atom is -0.493 e. The minimum atomic E-state index is -0.228. The van der Waals surface area contributed by atoms with Crippen molar-refractivity contribution in [2.75, 3.05) is 33.9 Å². The van der Waals surface area contributed by atoms with Crippen molar-refractivity contribution in [1.82, 2.24) is 10.2 Å². The first-order chi connectivity index (χ1) is 13.1. The number of nitrogens with zero attached hydrogens (tertiary/aromatic N) is 1. The average molecular weight is 376 g/mol. The molecular formula is C21H32N2O4. The lowest BCUT2D eigenvalue weighted by Gasteiger charge is -2.17. The Morgan fingerprint density at radius 1 is 1.19 bits per heavy atom. The zero-order valence-electron chi connectivity index (χ0n) is 16.8. The van der Waals surface area contributed by atoms with Gasteiger partial charge >= 0.3 is 0 Å². The van der Waals surface area contributed by atoms with E-state index < -0.39 is 0 Å². The summed E-state index contributed by atoms with van der Waals surface area (Å²) in [4.78, 5) is 26.3. The highest BCUT2D eigenvalue weighted by Crippen LogP contribution is 2.28. The van der Waals surface area contributed by atoms with E-state index in [4.69, 9.17) is 9.47 Å². The molecule has 2 amide bonds. The molecule has 0 bridgehead atoms. The largest absolute Gasteiger partial charge is 0.493 e. The van der Waals surface area contributed by atoms with Gasteiger partial charge in [-0.3, -0.25) is 9.59 Å². The van der Waals surface area contributed by atoms with Crippen molar-refractivity contribution in [3.05, 3.63) is 23.8 Å². The third kappa shape index (κ3) is 6.15. The Labute approximate surface area is 162 Å². The topological polar surface area (TPSA) is 67.9 Å². The Bertz CT molecular complexity index is 633. The van der Waals surface area contributed by atoms with Gasteiger partial charge in [0.1, 0.15) is 0 Å². The molecule has 1 heterocycles. The molecule has 1 N–H and O–H groups in total. The molecule has 1 aromatic rings. The Morgan fingerprint density at radius 3 is 2.67 bits per heavy atom. The zero-order valence-corrected chi connectivity index (χ0v) is 16.8. The summed E-state index contributed by atoms with van der Waals surface area (Å²) in [6.45, 7) is 3.98. The van der Waals surface area contributed by atoms with Gasteiger partial charge in [0.25, 0.3) is 0 Å². The molecule has 2 rings (SSSR count). The minimum absolute atomic E-state index is 0.00784. The molecule has 1 aliphatic rings. The molecule has 0 spiro atoms. The number of rotatable bonds is 11. The van der Waals surface area contributed by atoms with Crippen molar-refractivity contribution in [1.29, 1.82) is 0 Å². The number of hydrogen-bond donors (Lipinski definition) is 1. The number of likely N-dealkylation sites (tertiary alicyclic amines) is 1. The van der Waals surface area contributed by atoms with Crippen LogP contribution in [0.5, 0.6) is 11.5 Å². The number of methoxy groups -OCH3 is 2. The molecule has 0 radical (unpaired) electrons. The second-order valence-corrected chi connectivity index (χ2v) is 7.03. The van der Waals surface area contributed by atoms with Gasteiger partial charge < -0.3 is 19.7 Å². The summed E-state index contributed by atoms with van der Waals surface area (Å²) in [5.74, 6) is 1.21. The third-order valence-electron chi connectivity index (χ3n) is 5.03. The molecule has 1 fully saturated rings. The summed E-state index contributed by atoms with van der Waals surface area (Å²) < 4.78 is 10.6. The predicted octanol–water partition coefficient (Wildman–Crippen LogP) is 2.79. The SMILES string of the molecule is CCCCCCNC(=O)C1CC(=O)N(CCc2ccc(OC)c(OC)c2)C1. The second kappa shape index (κ2) is 10.8. The summed E-state index contributed by atoms with van der Waals surface area (Å²) in [7, 11) is 3.21. The van der Waals surface area contributed by atoms with Gasteiger partial charge in [-0.2, -0.15) is 0 Å². The van der Waals surface area contributed by atoms with Gasteiger partial charge in [0.15, 0.2) is 11.5 Å². The molecular weight excluding hydrogens is 344 g/mol. The van der Waals surface area contributed by atoms with Crippen LogP contribution in [-0.2, 0) is 16.0 Å². The van der Waals surface area contributed by atoms with Gasteiger partial charge in [0.2, 0.25) is 11.8 Å². The third-order valence-corrected chi connectivity index (χ3v) is 5.03. The standard InChI is InChI=1S/C21H32N2O4/c1-4-5-6-7-11-22-21(25)17-14-20(24)23(15-17)12-10-16-8-9-18(26-2)19(13-16)27-3/h8-9,13,17H,4-7,10-12,14-15H2,1-3H3,(H,22,25). The highest BCUT2D eigenvalue weighted by atomic mass is 16.5. The number of unbranched alkanes of at least 4 members (excludes halogenated alkanes) is 3. The molecule has 1 atom stereocenters. The van der Waals surface area contributed by atoms with E-state index in [9.17, 15) is 9.59 Å². The molecule has 0 saturated carbocycles. The quantitative estimate of drug-likeness (QED) is 0.603. The van der Waals surface area contributed by atoms with E-state index in [0.29, 0.717) is 37.6 Å². The number of carbonyl (C=O) groups is 2. The van der Waals surface area contributed by atoms with Crippen molar-refractivity contribution < 1.29 is 19.1 Å². The van der Waals surface area contributed by atoms with Crippen LogP contribution < -0.4 is 14.8 Å². The lowest BCUT2D eigenvalue weighted by atomic mass is 10.1. The van der Waals surface area contributed by atoms with Crippen LogP contribution in [0.4, 0.5) is 0 Å². The van der Waals surface area contributed by atoms with Crippen LogP contribution in [0.3, 0.4) is 0 Å². The van der Waals surface area contributed by atoms with Crippen molar-refractivity contribution in [2.45, 2.75) is 45.4 Å². The van der Waals surface area contributed by atoms with Crippen molar-refractivity contribution in [3.63, 3.8) is 0 Å². The average Bonchev–Trinajstić information content (AvgIpc) is 3.06. The highest BCUT2D eigenvalue weighted by molar-refractivity contribution is 5.89. The lowest BCUT2D eigenvalue weighted by molar-refractivity contribution is -0.129. The molecule has 1 aromatic carbocycles. The Kier molecular flexibility index (Phi) is 8.43. The Morgan fingerprint density at radius 2 is 1.96 bits per heavy atom. The van der Waals surface area contributed by atoms with E-state index >= 15 is 0 Å². The van der Waals surface area contributed by atoms with Crippen LogP contribution in [0.25, 0.3) is 0 Å². The van der Waals surface area contributed by atoms with Crippen molar-refractivity contribution >= 4 is 11.8 Å². The maximum atomic E-state index is 12.3. The number of nitrogens with one attached hydrogen (secondary N) is 1. The number of ether oxygens (including phenoxy) is 2. The molecule has 1 aliphatic heterocycles. The lowest BCUT2D eigenvalue weighted by Crippen LogP contribution is -2.34. The number of benzene rings is 1. The van der Waals surface area contributed by atoms with Crippen LogP contribution in [0, 0.1) is 5.92 Å². The second-order valence-electron chi connectivity index (χ2n) is 7.03. The van der Waals surface area contributed by atoms with Gasteiger partial charge in [0.05, 0.1) is 20.1 Å². The number of amides is 2. The molecule has 150 valence electrons. The Hall–Kier alpha value is -2.24. The smallest absolute Gasteiger partial charge is 0.225 e. The van der Waals surface area contributed by atoms with Gasteiger partial charge in [-0.25, -0.2) is 0 Å². The van der Waals surface area contributed by atoms with Crippen LogP contribution >= 0.6 is 0 Å². The summed E-state index contributed by atoms with van der Waals surface area (Å²) in [5.41, 5.74) is 1.07. The van der Waals surface area contributed by atoms with Gasteiger partial charge in [-0.1, -0.05) is 32.3 Å². The van der Waals surface area contributed by atoms with E-state index in [2.05, 4.69) is 12.2 Å². The fraction of sp³-hybridized carbons (Fsp3) is 0.619. The summed E-state index contributed by atoms with van der Waals surface area (Å²) in [6, 6.07) is 5.77. The van der Waals surface area contributed by atoms with Crippen LogP contribution in [-0.4, -0.2) is 50.6 Å². The molecule has 6 nitrogen and oxygen atoms in total. The Balaban J connectivity index is 1.79. The van der Waals surface area contributed by atoms with E-state index in [1.165, 1.54) is 12.8 Å². The monoisotopic (exact) mass is 376 g/mol. The molecule has 0 aliphatic carbocycles.